The van der Waals surface area contributed by atoms with Gasteiger partial charge in [0.25, 0.3) is 0 Å². The van der Waals surface area contributed by atoms with Crippen molar-refractivity contribution in [2.24, 2.45) is 0 Å². The van der Waals surface area contributed by atoms with Crippen LogP contribution < -0.4 is 0 Å². The number of hydrogen-bond acceptors (Lipinski definition) is 1. The highest BCUT2D eigenvalue weighted by atomic mass is 35.5. The zero-order chi connectivity index (χ0) is 11.8. The standard InChI is InChI=1S/C14H20ClN/c1-13(2)8-10-16(11-9-15)12-14-6-4-3-5-7-14/h3-8H,9-12H2,1-2H3. The Labute approximate surface area is 104 Å². The molecule has 16 heavy (non-hydrogen) atoms. The van der Waals surface area contributed by atoms with Crippen LogP contribution >= 0.6 is 11.6 Å². The van der Waals surface area contributed by atoms with Crippen LogP contribution in [0.15, 0.2) is 42.0 Å². The van der Waals surface area contributed by atoms with E-state index in [4.69, 9.17) is 11.6 Å². The minimum Gasteiger partial charge on any atom is -0.294 e. The van der Waals surface area contributed by atoms with Gasteiger partial charge in [0.1, 0.15) is 0 Å². The lowest BCUT2D eigenvalue weighted by molar-refractivity contribution is 0.312. The minimum absolute atomic E-state index is 0.684. The summed E-state index contributed by atoms with van der Waals surface area (Å²) in [6.45, 7) is 7.13. The van der Waals surface area contributed by atoms with Crippen LogP contribution in [0.2, 0.25) is 0 Å². The Hall–Kier alpha value is -0.790. The van der Waals surface area contributed by atoms with Gasteiger partial charge in [0.2, 0.25) is 0 Å². The van der Waals surface area contributed by atoms with Crippen LogP contribution in [0.4, 0.5) is 0 Å². The second kappa shape index (κ2) is 7.48. The molecule has 0 saturated heterocycles. The molecule has 0 spiro atoms. The maximum absolute atomic E-state index is 5.82. The first-order valence-electron chi connectivity index (χ1n) is 5.68. The first-order valence-corrected chi connectivity index (χ1v) is 6.21. The van der Waals surface area contributed by atoms with E-state index in [1.807, 2.05) is 6.07 Å². The van der Waals surface area contributed by atoms with Gasteiger partial charge in [-0.25, -0.2) is 0 Å². The van der Waals surface area contributed by atoms with E-state index < -0.39 is 0 Å². The fourth-order valence-corrected chi connectivity index (χ4v) is 1.75. The topological polar surface area (TPSA) is 3.24 Å². The molecule has 0 radical (unpaired) electrons. The van der Waals surface area contributed by atoms with Gasteiger partial charge in [-0.1, -0.05) is 42.0 Å². The first kappa shape index (κ1) is 13.3. The smallest absolute Gasteiger partial charge is 0.0351 e. The molecule has 1 aromatic rings. The third-order valence-electron chi connectivity index (χ3n) is 2.41. The molecule has 0 aliphatic rings. The van der Waals surface area contributed by atoms with Crippen LogP contribution in [0.1, 0.15) is 19.4 Å². The molecule has 0 aromatic heterocycles. The molecule has 1 rings (SSSR count). The van der Waals surface area contributed by atoms with E-state index in [1.165, 1.54) is 11.1 Å². The fraction of sp³-hybridized carbons (Fsp3) is 0.429. The number of alkyl halides is 1. The van der Waals surface area contributed by atoms with Gasteiger partial charge >= 0.3 is 0 Å². The number of benzene rings is 1. The highest BCUT2D eigenvalue weighted by Crippen LogP contribution is 2.05. The van der Waals surface area contributed by atoms with Crippen molar-refractivity contribution >= 4 is 11.6 Å². The van der Waals surface area contributed by atoms with E-state index >= 15 is 0 Å². The van der Waals surface area contributed by atoms with Crippen LogP contribution in [0.3, 0.4) is 0 Å². The molecule has 0 fully saturated rings. The summed E-state index contributed by atoms with van der Waals surface area (Å²) in [4.78, 5) is 2.36. The molecule has 0 bridgehead atoms. The van der Waals surface area contributed by atoms with Crippen LogP contribution in [-0.2, 0) is 6.54 Å². The SMILES string of the molecule is CC(C)=CCN(CCCl)Cc1ccccc1. The Morgan fingerprint density at radius 3 is 2.50 bits per heavy atom. The quantitative estimate of drug-likeness (QED) is 0.539. The van der Waals surface area contributed by atoms with Gasteiger partial charge in [0.05, 0.1) is 0 Å². The van der Waals surface area contributed by atoms with Crippen molar-refractivity contribution in [1.82, 2.24) is 4.90 Å². The summed E-state index contributed by atoms with van der Waals surface area (Å²) < 4.78 is 0. The van der Waals surface area contributed by atoms with Gasteiger partial charge in [-0.05, 0) is 19.4 Å². The Balaban J connectivity index is 2.54. The monoisotopic (exact) mass is 237 g/mol. The Morgan fingerprint density at radius 1 is 1.25 bits per heavy atom. The average molecular weight is 238 g/mol. The van der Waals surface area contributed by atoms with Crippen molar-refractivity contribution < 1.29 is 0 Å². The largest absolute Gasteiger partial charge is 0.294 e. The number of nitrogens with zero attached hydrogens (tertiary/aromatic N) is 1. The van der Waals surface area contributed by atoms with Crippen molar-refractivity contribution in [3.63, 3.8) is 0 Å². The summed E-state index contributed by atoms with van der Waals surface area (Å²) in [5, 5.41) is 0. The van der Waals surface area contributed by atoms with E-state index in [9.17, 15) is 0 Å². The third kappa shape index (κ3) is 5.34. The number of halogens is 1. The van der Waals surface area contributed by atoms with Crippen LogP contribution in [0.25, 0.3) is 0 Å². The molecule has 0 unspecified atom stereocenters. The van der Waals surface area contributed by atoms with E-state index in [2.05, 4.69) is 49.1 Å². The summed E-state index contributed by atoms with van der Waals surface area (Å²) in [6.07, 6.45) is 2.25. The molecule has 0 aliphatic heterocycles. The van der Waals surface area contributed by atoms with Crippen LogP contribution in [0, 0.1) is 0 Å². The molecule has 0 heterocycles. The zero-order valence-corrected chi connectivity index (χ0v) is 10.9. The van der Waals surface area contributed by atoms with Gasteiger partial charge in [0.15, 0.2) is 0 Å². The predicted octanol–water partition coefficient (Wildman–Crippen LogP) is 3.69. The molecule has 0 aliphatic carbocycles. The Bertz CT molecular complexity index is 315. The molecule has 0 atom stereocenters. The van der Waals surface area contributed by atoms with E-state index in [1.54, 1.807) is 0 Å². The van der Waals surface area contributed by atoms with E-state index in [0.29, 0.717) is 5.88 Å². The number of hydrogen-bond donors (Lipinski definition) is 0. The molecule has 1 nitrogen and oxygen atoms in total. The molecular weight excluding hydrogens is 218 g/mol. The zero-order valence-electron chi connectivity index (χ0n) is 10.1. The van der Waals surface area contributed by atoms with Crippen molar-refractivity contribution in [2.75, 3.05) is 19.0 Å². The summed E-state index contributed by atoms with van der Waals surface area (Å²) >= 11 is 5.82. The highest BCUT2D eigenvalue weighted by molar-refractivity contribution is 6.18. The van der Waals surface area contributed by atoms with Crippen LogP contribution in [0.5, 0.6) is 0 Å². The van der Waals surface area contributed by atoms with E-state index in [-0.39, 0.29) is 0 Å². The summed E-state index contributed by atoms with van der Waals surface area (Å²) in [7, 11) is 0. The maximum Gasteiger partial charge on any atom is 0.0351 e. The minimum atomic E-state index is 0.684. The van der Waals surface area contributed by atoms with Crippen LogP contribution in [-0.4, -0.2) is 23.9 Å². The second-order valence-electron chi connectivity index (χ2n) is 4.19. The molecule has 88 valence electrons. The predicted molar refractivity (Wildman–Crippen MR) is 71.9 cm³/mol. The van der Waals surface area contributed by atoms with Gasteiger partial charge in [0, 0.05) is 25.5 Å². The lowest BCUT2D eigenvalue weighted by atomic mass is 10.2. The van der Waals surface area contributed by atoms with Gasteiger partial charge in [-0.15, -0.1) is 11.6 Å². The molecule has 2 heteroatoms. The number of rotatable bonds is 6. The summed E-state index contributed by atoms with van der Waals surface area (Å²) in [5.41, 5.74) is 2.70. The van der Waals surface area contributed by atoms with Crippen molar-refractivity contribution in [1.29, 1.82) is 0 Å². The summed E-state index contributed by atoms with van der Waals surface area (Å²) in [6, 6.07) is 10.5. The number of allylic oxidation sites excluding steroid dienone is 1. The molecule has 1 aromatic carbocycles. The average Bonchev–Trinajstić information content (AvgIpc) is 2.27. The van der Waals surface area contributed by atoms with Crippen molar-refractivity contribution in [2.45, 2.75) is 20.4 Å². The van der Waals surface area contributed by atoms with Gasteiger partial charge < -0.3 is 0 Å². The molecule has 0 saturated carbocycles. The molecule has 0 amide bonds. The maximum atomic E-state index is 5.82. The lowest BCUT2D eigenvalue weighted by Gasteiger charge is -2.19. The van der Waals surface area contributed by atoms with Gasteiger partial charge in [-0.2, -0.15) is 0 Å². The van der Waals surface area contributed by atoms with Crippen molar-refractivity contribution in [3.05, 3.63) is 47.5 Å². The molecular formula is C14H20ClN. The normalized spacial score (nSPS) is 10.5. The van der Waals surface area contributed by atoms with Crippen molar-refractivity contribution in [3.8, 4) is 0 Å². The first-order chi connectivity index (χ1) is 7.72. The third-order valence-corrected chi connectivity index (χ3v) is 2.58. The van der Waals surface area contributed by atoms with Gasteiger partial charge in [-0.3, -0.25) is 4.90 Å². The Kier molecular flexibility index (Phi) is 6.20. The fourth-order valence-electron chi connectivity index (χ4n) is 1.51. The highest BCUT2D eigenvalue weighted by Gasteiger charge is 2.03. The second-order valence-corrected chi connectivity index (χ2v) is 4.57. The molecule has 0 N–H and O–H groups in total. The van der Waals surface area contributed by atoms with E-state index in [0.717, 1.165) is 19.6 Å². The lowest BCUT2D eigenvalue weighted by Crippen LogP contribution is -2.25. The summed E-state index contributed by atoms with van der Waals surface area (Å²) in [5.74, 6) is 0.684. The Morgan fingerprint density at radius 2 is 1.94 bits per heavy atom.